The van der Waals surface area contributed by atoms with Gasteiger partial charge in [0.25, 0.3) is 0 Å². The highest BCUT2D eigenvalue weighted by Crippen LogP contribution is 2.09. The van der Waals surface area contributed by atoms with Gasteiger partial charge in [-0.25, -0.2) is 0 Å². The van der Waals surface area contributed by atoms with Crippen LogP contribution in [-0.2, 0) is 11.2 Å². The molecule has 0 radical (unpaired) electrons. The van der Waals surface area contributed by atoms with Crippen LogP contribution in [0.5, 0.6) is 0 Å². The molecule has 0 saturated carbocycles. The first kappa shape index (κ1) is 17.8. The van der Waals surface area contributed by atoms with Gasteiger partial charge in [-0.05, 0) is 37.8 Å². The van der Waals surface area contributed by atoms with Crippen molar-refractivity contribution in [1.29, 1.82) is 0 Å². The van der Waals surface area contributed by atoms with E-state index in [1.807, 2.05) is 40.8 Å². The van der Waals surface area contributed by atoms with Crippen LogP contribution in [0.4, 0.5) is 0 Å². The van der Waals surface area contributed by atoms with Gasteiger partial charge in [-0.2, -0.15) is 0 Å². The van der Waals surface area contributed by atoms with E-state index in [2.05, 4.69) is 17.1 Å². The molecule has 0 N–H and O–H groups in total. The summed E-state index contributed by atoms with van der Waals surface area (Å²) in [5.74, 6) is 0.582. The summed E-state index contributed by atoms with van der Waals surface area (Å²) in [5, 5.41) is 0. The van der Waals surface area contributed by atoms with Crippen LogP contribution in [0.15, 0.2) is 18.3 Å². The first-order valence-electron chi connectivity index (χ1n) is 7.54. The Balaban J connectivity index is 0.00000154. The number of aromatic nitrogens is 1. The highest BCUT2D eigenvalue weighted by Gasteiger charge is 2.05. The largest absolute Gasteiger partial charge is 0.299 e. The van der Waals surface area contributed by atoms with E-state index in [9.17, 15) is 4.79 Å². The maximum atomic E-state index is 11.4. The fraction of sp³-hybridized carbons (Fsp3) is 0.647. The van der Waals surface area contributed by atoms with Crippen molar-refractivity contribution < 1.29 is 4.79 Å². The molecule has 0 aliphatic heterocycles. The number of ketones is 1. The molecule has 0 aliphatic rings. The van der Waals surface area contributed by atoms with Gasteiger partial charge < -0.3 is 0 Å². The van der Waals surface area contributed by atoms with E-state index >= 15 is 0 Å². The Morgan fingerprint density at radius 2 is 1.84 bits per heavy atom. The normalized spacial score (nSPS) is 10.0. The monoisotopic (exact) mass is 263 g/mol. The molecule has 0 saturated heterocycles. The summed E-state index contributed by atoms with van der Waals surface area (Å²) in [7, 11) is 0. The summed E-state index contributed by atoms with van der Waals surface area (Å²) in [6.45, 7) is 9.95. The van der Waals surface area contributed by atoms with Gasteiger partial charge in [-0.15, -0.1) is 0 Å². The van der Waals surface area contributed by atoms with Crippen LogP contribution in [0, 0.1) is 12.8 Å². The van der Waals surface area contributed by atoms with Gasteiger partial charge in [-0.3, -0.25) is 9.78 Å². The minimum Gasteiger partial charge on any atom is -0.299 e. The predicted octanol–water partition coefficient (Wildman–Crippen LogP) is 4.74. The zero-order chi connectivity index (χ0) is 14.7. The van der Waals surface area contributed by atoms with E-state index in [-0.39, 0.29) is 5.92 Å². The van der Waals surface area contributed by atoms with Crippen molar-refractivity contribution in [2.24, 2.45) is 5.92 Å². The Morgan fingerprint density at radius 1 is 1.16 bits per heavy atom. The average molecular weight is 263 g/mol. The number of unbranched alkanes of at least 4 members (excludes halogenated alkanes) is 2. The number of rotatable bonds is 7. The van der Waals surface area contributed by atoms with Gasteiger partial charge in [0.2, 0.25) is 0 Å². The second-order valence-corrected chi connectivity index (χ2v) is 4.99. The average Bonchev–Trinajstić information content (AvgIpc) is 2.42. The molecule has 2 nitrogen and oxygen atoms in total. The molecule has 19 heavy (non-hydrogen) atoms. The second-order valence-electron chi connectivity index (χ2n) is 4.99. The van der Waals surface area contributed by atoms with Crippen LogP contribution in [0.25, 0.3) is 0 Å². The van der Waals surface area contributed by atoms with Gasteiger partial charge >= 0.3 is 0 Å². The van der Waals surface area contributed by atoms with Crippen molar-refractivity contribution in [2.45, 2.75) is 66.7 Å². The van der Waals surface area contributed by atoms with Crippen molar-refractivity contribution in [3.8, 4) is 0 Å². The second kappa shape index (κ2) is 10.7. The van der Waals surface area contributed by atoms with Crippen molar-refractivity contribution in [2.75, 3.05) is 0 Å². The fourth-order valence-corrected chi connectivity index (χ4v) is 1.74. The van der Waals surface area contributed by atoms with Crippen LogP contribution in [0.1, 0.15) is 64.6 Å². The van der Waals surface area contributed by atoms with E-state index < -0.39 is 0 Å². The van der Waals surface area contributed by atoms with Crippen LogP contribution < -0.4 is 0 Å². The maximum Gasteiger partial charge on any atom is 0.135 e. The number of carbonyl (C=O) groups excluding carboxylic acids is 1. The zero-order valence-electron chi connectivity index (χ0n) is 13.2. The molecule has 0 aromatic carbocycles. The van der Waals surface area contributed by atoms with E-state index in [0.717, 1.165) is 37.8 Å². The standard InChI is InChI=1S/C15H23NO.C2H6/c1-12(2)15(17)8-6-4-5-7-14-10-9-13(3)16-11-14;1-2/h9-12H,4-8H2,1-3H3;1-2H3. The number of nitrogens with zero attached hydrogens (tertiary/aromatic N) is 1. The molecular weight excluding hydrogens is 234 g/mol. The molecule has 0 unspecified atom stereocenters. The SMILES string of the molecule is CC.Cc1ccc(CCCCCC(=O)C(C)C)cn1. The van der Waals surface area contributed by atoms with Crippen molar-refractivity contribution in [3.05, 3.63) is 29.6 Å². The molecule has 1 aromatic rings. The third-order valence-electron chi connectivity index (χ3n) is 3.01. The first-order valence-corrected chi connectivity index (χ1v) is 7.54. The Morgan fingerprint density at radius 3 is 2.37 bits per heavy atom. The van der Waals surface area contributed by atoms with Crippen molar-refractivity contribution in [1.82, 2.24) is 4.98 Å². The van der Waals surface area contributed by atoms with Gasteiger partial charge in [0.15, 0.2) is 0 Å². The van der Waals surface area contributed by atoms with E-state index in [1.165, 1.54) is 5.56 Å². The quantitative estimate of drug-likeness (QED) is 0.665. The smallest absolute Gasteiger partial charge is 0.135 e. The molecule has 0 spiro atoms. The van der Waals surface area contributed by atoms with Crippen molar-refractivity contribution >= 4 is 5.78 Å². The lowest BCUT2D eigenvalue weighted by molar-refractivity contribution is -0.122. The molecular formula is C17H29NO. The number of pyridine rings is 1. The van der Waals surface area contributed by atoms with Crippen LogP contribution in [-0.4, -0.2) is 10.8 Å². The number of aryl methyl sites for hydroxylation is 2. The Bertz CT molecular complexity index is 341. The number of carbonyl (C=O) groups is 1. The fourth-order valence-electron chi connectivity index (χ4n) is 1.74. The van der Waals surface area contributed by atoms with Gasteiger partial charge in [-0.1, -0.05) is 40.2 Å². The van der Waals surface area contributed by atoms with Crippen LogP contribution in [0.3, 0.4) is 0 Å². The van der Waals surface area contributed by atoms with Crippen molar-refractivity contribution in [3.63, 3.8) is 0 Å². The summed E-state index contributed by atoms with van der Waals surface area (Å²) in [6.07, 6.45) is 7.07. The molecule has 1 heterocycles. The molecule has 2 heteroatoms. The number of hydrogen-bond donors (Lipinski definition) is 0. The minimum absolute atomic E-state index is 0.191. The third kappa shape index (κ3) is 8.52. The van der Waals surface area contributed by atoms with Crippen LogP contribution in [0.2, 0.25) is 0 Å². The summed E-state index contributed by atoms with van der Waals surface area (Å²) < 4.78 is 0. The Hall–Kier alpha value is -1.18. The topological polar surface area (TPSA) is 30.0 Å². The van der Waals surface area contributed by atoms with E-state index in [0.29, 0.717) is 5.78 Å². The molecule has 1 aromatic heterocycles. The molecule has 0 bridgehead atoms. The molecule has 1 rings (SSSR count). The summed E-state index contributed by atoms with van der Waals surface area (Å²) in [5.41, 5.74) is 2.36. The molecule has 0 aliphatic carbocycles. The van der Waals surface area contributed by atoms with E-state index in [1.54, 1.807) is 0 Å². The Kier molecular flexibility index (Phi) is 10.1. The lowest BCUT2D eigenvalue weighted by Crippen LogP contribution is -2.06. The Labute approximate surface area is 118 Å². The number of hydrogen-bond acceptors (Lipinski definition) is 2. The van der Waals surface area contributed by atoms with Gasteiger partial charge in [0, 0.05) is 24.2 Å². The first-order chi connectivity index (χ1) is 9.09. The highest BCUT2D eigenvalue weighted by molar-refractivity contribution is 5.80. The van der Waals surface area contributed by atoms with E-state index in [4.69, 9.17) is 0 Å². The zero-order valence-corrected chi connectivity index (χ0v) is 13.2. The predicted molar refractivity (Wildman–Crippen MR) is 82.3 cm³/mol. The minimum atomic E-state index is 0.191. The summed E-state index contributed by atoms with van der Waals surface area (Å²) in [4.78, 5) is 15.7. The number of Topliss-reactive ketones (excluding diaryl/α,β-unsaturated/α-hetero) is 1. The molecule has 0 atom stereocenters. The lowest BCUT2D eigenvalue weighted by Gasteiger charge is -2.04. The molecule has 108 valence electrons. The highest BCUT2D eigenvalue weighted by atomic mass is 16.1. The van der Waals surface area contributed by atoms with Gasteiger partial charge in [0.05, 0.1) is 0 Å². The lowest BCUT2D eigenvalue weighted by atomic mass is 10.0. The van der Waals surface area contributed by atoms with Gasteiger partial charge in [0.1, 0.15) is 5.78 Å². The molecule has 0 amide bonds. The molecule has 0 fully saturated rings. The maximum absolute atomic E-state index is 11.4. The third-order valence-corrected chi connectivity index (χ3v) is 3.01. The van der Waals surface area contributed by atoms with Crippen LogP contribution >= 0.6 is 0 Å². The summed E-state index contributed by atoms with van der Waals surface area (Å²) >= 11 is 0. The summed E-state index contributed by atoms with van der Waals surface area (Å²) in [6, 6.07) is 4.19.